The Kier molecular flexibility index (Phi) is 4.21. The molecule has 0 spiro atoms. The molecule has 0 radical (unpaired) electrons. The van der Waals surface area contributed by atoms with Gasteiger partial charge in [0.25, 0.3) is 0 Å². The summed E-state index contributed by atoms with van der Waals surface area (Å²) in [6.07, 6.45) is 7.22. The lowest BCUT2D eigenvalue weighted by Gasteiger charge is -2.13. The SMILES string of the molecule is COc1ccc(-c2ccccn2)cc1Nc1ncnc2n[nH]c(C3=NCC=C3)c12. The number of hydrogen-bond acceptors (Lipinski definition) is 7. The fraction of sp³-hybridized carbons (Fsp3) is 0.0952. The van der Waals surface area contributed by atoms with Gasteiger partial charge in [0.1, 0.15) is 17.9 Å². The van der Waals surface area contributed by atoms with Crippen LogP contribution in [0.1, 0.15) is 5.69 Å². The van der Waals surface area contributed by atoms with Gasteiger partial charge in [0.15, 0.2) is 5.65 Å². The standard InChI is InChI=1S/C21H17N7O/c1-29-17-8-7-13(14-5-2-3-9-22-14)11-16(17)26-20-18-19(15-6-4-10-23-15)27-28-21(18)25-12-24-20/h2-9,11-12H,10H2,1H3,(H2,24,25,26,27,28). The summed E-state index contributed by atoms with van der Waals surface area (Å²) in [6.45, 7) is 0.659. The smallest absolute Gasteiger partial charge is 0.186 e. The Balaban J connectivity index is 1.61. The molecule has 4 heterocycles. The Labute approximate surface area is 166 Å². The molecule has 0 saturated carbocycles. The number of methoxy groups -OCH3 is 1. The number of pyridine rings is 1. The van der Waals surface area contributed by atoms with Crippen LogP contribution in [0.2, 0.25) is 0 Å². The number of H-pyrrole nitrogens is 1. The molecular formula is C21H17N7O. The van der Waals surface area contributed by atoms with Crippen LogP contribution in [0.5, 0.6) is 5.75 Å². The third-order valence-corrected chi connectivity index (χ3v) is 4.66. The second-order valence-electron chi connectivity index (χ2n) is 6.40. The summed E-state index contributed by atoms with van der Waals surface area (Å²) in [7, 11) is 1.64. The predicted molar refractivity (Wildman–Crippen MR) is 112 cm³/mol. The molecule has 29 heavy (non-hydrogen) atoms. The molecule has 2 N–H and O–H groups in total. The minimum Gasteiger partial charge on any atom is -0.495 e. The highest BCUT2D eigenvalue weighted by molar-refractivity contribution is 6.17. The Hall–Kier alpha value is -4.07. The van der Waals surface area contributed by atoms with Crippen molar-refractivity contribution in [3.63, 3.8) is 0 Å². The third kappa shape index (κ3) is 3.10. The van der Waals surface area contributed by atoms with Crippen LogP contribution in [0, 0.1) is 0 Å². The van der Waals surface area contributed by atoms with E-state index in [9.17, 15) is 0 Å². The van der Waals surface area contributed by atoms with E-state index in [1.165, 1.54) is 6.33 Å². The number of benzene rings is 1. The number of ether oxygens (including phenoxy) is 1. The first kappa shape index (κ1) is 17.1. The van der Waals surface area contributed by atoms with Crippen LogP contribution in [0.4, 0.5) is 11.5 Å². The summed E-state index contributed by atoms with van der Waals surface area (Å²) >= 11 is 0. The summed E-state index contributed by atoms with van der Waals surface area (Å²) in [5, 5.41) is 11.5. The van der Waals surface area contributed by atoms with E-state index in [4.69, 9.17) is 4.74 Å². The van der Waals surface area contributed by atoms with E-state index in [1.807, 2.05) is 48.6 Å². The van der Waals surface area contributed by atoms with E-state index in [0.717, 1.165) is 33.7 Å². The molecule has 0 fully saturated rings. The Morgan fingerprint density at radius 3 is 2.86 bits per heavy atom. The Morgan fingerprint density at radius 2 is 2.07 bits per heavy atom. The van der Waals surface area contributed by atoms with Crippen LogP contribution in [0.25, 0.3) is 22.3 Å². The largest absolute Gasteiger partial charge is 0.495 e. The molecule has 0 atom stereocenters. The van der Waals surface area contributed by atoms with Crippen LogP contribution in [0.15, 0.2) is 66.1 Å². The lowest BCUT2D eigenvalue weighted by atomic mass is 10.1. The van der Waals surface area contributed by atoms with Crippen LogP contribution >= 0.6 is 0 Å². The quantitative estimate of drug-likeness (QED) is 0.547. The second kappa shape index (κ2) is 7.16. The molecule has 142 valence electrons. The molecule has 0 amide bonds. The minimum absolute atomic E-state index is 0.570. The van der Waals surface area contributed by atoms with Gasteiger partial charge in [-0.05, 0) is 36.4 Å². The zero-order chi connectivity index (χ0) is 19.6. The van der Waals surface area contributed by atoms with Gasteiger partial charge in [-0.3, -0.25) is 15.1 Å². The van der Waals surface area contributed by atoms with E-state index < -0.39 is 0 Å². The van der Waals surface area contributed by atoms with Crippen molar-refractivity contribution >= 4 is 28.3 Å². The number of allylic oxidation sites excluding steroid dienone is 1. The van der Waals surface area contributed by atoms with Crippen LogP contribution < -0.4 is 10.1 Å². The highest BCUT2D eigenvalue weighted by Gasteiger charge is 2.18. The number of hydrogen-bond donors (Lipinski definition) is 2. The monoisotopic (exact) mass is 383 g/mol. The molecule has 1 aliphatic heterocycles. The van der Waals surface area contributed by atoms with Crippen molar-refractivity contribution in [2.24, 2.45) is 4.99 Å². The van der Waals surface area contributed by atoms with Gasteiger partial charge in [0.2, 0.25) is 0 Å². The molecule has 1 aromatic carbocycles. The highest BCUT2D eigenvalue weighted by atomic mass is 16.5. The summed E-state index contributed by atoms with van der Waals surface area (Å²) in [4.78, 5) is 17.6. The number of nitrogens with one attached hydrogen (secondary N) is 2. The average molecular weight is 383 g/mol. The number of aliphatic imine (C=N–C) groups is 1. The molecule has 8 heteroatoms. The number of nitrogens with zero attached hydrogens (tertiary/aromatic N) is 5. The van der Waals surface area contributed by atoms with Gasteiger partial charge >= 0.3 is 0 Å². The number of aromatic nitrogens is 5. The molecule has 5 rings (SSSR count). The summed E-state index contributed by atoms with van der Waals surface area (Å²) in [5.74, 6) is 1.32. The van der Waals surface area contributed by atoms with Gasteiger partial charge < -0.3 is 10.1 Å². The van der Waals surface area contributed by atoms with Crippen molar-refractivity contribution in [3.05, 3.63) is 66.8 Å². The summed E-state index contributed by atoms with van der Waals surface area (Å²) in [5.41, 5.74) is 4.80. The number of aromatic amines is 1. The lowest BCUT2D eigenvalue weighted by molar-refractivity contribution is 0.417. The Morgan fingerprint density at radius 1 is 1.10 bits per heavy atom. The van der Waals surface area contributed by atoms with E-state index in [0.29, 0.717) is 23.8 Å². The topological polar surface area (TPSA) is 101 Å². The highest BCUT2D eigenvalue weighted by Crippen LogP contribution is 2.34. The molecule has 8 nitrogen and oxygen atoms in total. The van der Waals surface area contributed by atoms with Gasteiger partial charge in [-0.15, -0.1) is 0 Å². The second-order valence-corrected chi connectivity index (χ2v) is 6.40. The van der Waals surface area contributed by atoms with E-state index >= 15 is 0 Å². The molecule has 0 unspecified atom stereocenters. The molecule has 0 saturated heterocycles. The van der Waals surface area contributed by atoms with Gasteiger partial charge in [0, 0.05) is 11.8 Å². The minimum atomic E-state index is 0.570. The van der Waals surface area contributed by atoms with Crippen molar-refractivity contribution in [2.75, 3.05) is 19.0 Å². The fourth-order valence-corrected chi connectivity index (χ4v) is 3.29. The summed E-state index contributed by atoms with van der Waals surface area (Å²) in [6, 6.07) is 11.7. The molecule has 3 aromatic heterocycles. The molecular weight excluding hydrogens is 366 g/mol. The molecule has 0 aliphatic carbocycles. The normalized spacial score (nSPS) is 12.9. The van der Waals surface area contributed by atoms with E-state index in [-0.39, 0.29) is 0 Å². The lowest BCUT2D eigenvalue weighted by Crippen LogP contribution is -2.01. The van der Waals surface area contributed by atoms with E-state index in [2.05, 4.69) is 35.5 Å². The first-order valence-corrected chi connectivity index (χ1v) is 9.10. The maximum atomic E-state index is 5.55. The maximum Gasteiger partial charge on any atom is 0.186 e. The van der Waals surface area contributed by atoms with Gasteiger partial charge in [-0.25, -0.2) is 9.97 Å². The zero-order valence-corrected chi connectivity index (χ0v) is 15.6. The average Bonchev–Trinajstić information content (AvgIpc) is 3.44. The zero-order valence-electron chi connectivity index (χ0n) is 15.6. The first-order valence-electron chi connectivity index (χ1n) is 9.10. The van der Waals surface area contributed by atoms with Crippen molar-refractivity contribution in [2.45, 2.75) is 0 Å². The van der Waals surface area contributed by atoms with Crippen LogP contribution in [-0.2, 0) is 0 Å². The van der Waals surface area contributed by atoms with Crippen molar-refractivity contribution in [1.82, 2.24) is 25.1 Å². The van der Waals surface area contributed by atoms with Crippen LogP contribution in [0.3, 0.4) is 0 Å². The summed E-state index contributed by atoms with van der Waals surface area (Å²) < 4.78 is 5.55. The fourth-order valence-electron chi connectivity index (χ4n) is 3.29. The van der Waals surface area contributed by atoms with Gasteiger partial charge in [-0.2, -0.15) is 5.10 Å². The maximum absolute atomic E-state index is 5.55. The molecule has 1 aliphatic rings. The molecule has 4 aromatic rings. The van der Waals surface area contributed by atoms with Gasteiger partial charge in [-0.1, -0.05) is 12.1 Å². The van der Waals surface area contributed by atoms with E-state index in [1.54, 1.807) is 13.3 Å². The first-order chi connectivity index (χ1) is 14.3. The number of anilines is 2. The predicted octanol–water partition coefficient (Wildman–Crippen LogP) is 3.53. The number of rotatable bonds is 5. The molecule has 0 bridgehead atoms. The van der Waals surface area contributed by atoms with Gasteiger partial charge in [0.05, 0.1) is 41.8 Å². The van der Waals surface area contributed by atoms with Crippen molar-refractivity contribution in [3.8, 4) is 17.0 Å². The van der Waals surface area contributed by atoms with Crippen LogP contribution in [-0.4, -0.2) is 44.5 Å². The van der Waals surface area contributed by atoms with Crippen molar-refractivity contribution in [1.29, 1.82) is 0 Å². The van der Waals surface area contributed by atoms with Crippen molar-refractivity contribution < 1.29 is 4.74 Å². The Bertz CT molecular complexity index is 1240. The third-order valence-electron chi connectivity index (χ3n) is 4.66. The number of fused-ring (bicyclic) bond motifs is 1.